The van der Waals surface area contributed by atoms with E-state index >= 15 is 0 Å². The van der Waals surface area contributed by atoms with Crippen molar-refractivity contribution in [3.8, 4) is 0 Å². The van der Waals surface area contributed by atoms with Crippen molar-refractivity contribution in [3.05, 3.63) is 12.2 Å². The zero-order valence-corrected chi connectivity index (χ0v) is 12.8. The molecule has 0 aliphatic carbocycles. The van der Waals surface area contributed by atoms with Crippen molar-refractivity contribution in [3.63, 3.8) is 0 Å². The third kappa shape index (κ3) is 6.34. The number of hydrogen-bond donors (Lipinski definition) is 0. The SMILES string of the molecule is COC(=O)/C=C/C(C)P(=O)(OC(C)C)OC(C)C. The molecule has 0 aromatic rings. The summed E-state index contributed by atoms with van der Waals surface area (Å²) in [6.45, 7) is 8.82. The van der Waals surface area contributed by atoms with Gasteiger partial charge in [-0.25, -0.2) is 4.79 Å². The van der Waals surface area contributed by atoms with Crippen LogP contribution in [0.3, 0.4) is 0 Å². The fourth-order valence-corrected chi connectivity index (χ4v) is 3.10. The average molecular weight is 278 g/mol. The largest absolute Gasteiger partial charge is 0.466 e. The summed E-state index contributed by atoms with van der Waals surface area (Å²) in [6.07, 6.45) is 2.27. The highest BCUT2D eigenvalue weighted by Gasteiger charge is 2.33. The summed E-state index contributed by atoms with van der Waals surface area (Å²) in [4.78, 5) is 11.0. The Kier molecular flexibility index (Phi) is 7.45. The lowest BCUT2D eigenvalue weighted by Crippen LogP contribution is -2.15. The molecule has 0 aromatic carbocycles. The number of carbonyl (C=O) groups is 1. The molecule has 1 atom stereocenters. The second kappa shape index (κ2) is 7.72. The second-order valence-corrected chi connectivity index (χ2v) is 6.79. The van der Waals surface area contributed by atoms with Crippen molar-refractivity contribution >= 4 is 13.6 Å². The molecule has 0 heterocycles. The number of hydrogen-bond acceptors (Lipinski definition) is 5. The van der Waals surface area contributed by atoms with E-state index in [-0.39, 0.29) is 12.2 Å². The van der Waals surface area contributed by atoms with Crippen LogP contribution in [0.15, 0.2) is 12.2 Å². The van der Waals surface area contributed by atoms with Gasteiger partial charge in [0.15, 0.2) is 0 Å². The van der Waals surface area contributed by atoms with Crippen LogP contribution in [-0.2, 0) is 23.1 Å². The maximum absolute atomic E-state index is 12.6. The highest BCUT2D eigenvalue weighted by Crippen LogP contribution is 2.55. The molecule has 0 saturated carbocycles. The predicted molar refractivity (Wildman–Crippen MR) is 70.7 cm³/mol. The molecule has 0 saturated heterocycles. The quantitative estimate of drug-likeness (QED) is 0.406. The molecule has 0 spiro atoms. The molecule has 0 radical (unpaired) electrons. The third-order valence-corrected chi connectivity index (χ3v) is 4.53. The molecule has 5 nitrogen and oxygen atoms in total. The van der Waals surface area contributed by atoms with Gasteiger partial charge < -0.3 is 13.8 Å². The molecule has 0 aliphatic rings. The van der Waals surface area contributed by atoms with Gasteiger partial charge in [-0.05, 0) is 34.6 Å². The minimum Gasteiger partial charge on any atom is -0.466 e. The summed E-state index contributed by atoms with van der Waals surface area (Å²) in [7, 11) is -2.00. The fraction of sp³-hybridized carbons (Fsp3) is 0.750. The summed E-state index contributed by atoms with van der Waals surface area (Å²) >= 11 is 0. The van der Waals surface area contributed by atoms with E-state index in [0.717, 1.165) is 0 Å². The molecule has 0 aromatic heterocycles. The molecule has 0 rings (SSSR count). The van der Waals surface area contributed by atoms with Crippen LogP contribution in [0.1, 0.15) is 34.6 Å². The van der Waals surface area contributed by atoms with Gasteiger partial charge >= 0.3 is 13.6 Å². The Hall–Kier alpha value is -0.640. The molecular weight excluding hydrogens is 255 g/mol. The van der Waals surface area contributed by atoms with Gasteiger partial charge in [0.25, 0.3) is 0 Å². The zero-order chi connectivity index (χ0) is 14.3. The van der Waals surface area contributed by atoms with Crippen molar-refractivity contribution in [2.45, 2.75) is 52.5 Å². The Morgan fingerprint density at radius 3 is 1.83 bits per heavy atom. The van der Waals surface area contributed by atoms with Crippen LogP contribution in [0.2, 0.25) is 0 Å². The number of carbonyl (C=O) groups excluding carboxylic acids is 1. The van der Waals surface area contributed by atoms with Gasteiger partial charge in [0.1, 0.15) is 0 Å². The van der Waals surface area contributed by atoms with E-state index in [2.05, 4.69) is 4.74 Å². The van der Waals surface area contributed by atoms with Gasteiger partial charge in [0.05, 0.1) is 25.0 Å². The van der Waals surface area contributed by atoms with Crippen LogP contribution in [0.4, 0.5) is 0 Å². The third-order valence-electron chi connectivity index (χ3n) is 1.93. The molecular formula is C12H23O5P. The summed E-state index contributed by atoms with van der Waals surface area (Å²) in [5.74, 6) is -0.498. The van der Waals surface area contributed by atoms with Crippen LogP contribution in [0, 0.1) is 0 Å². The van der Waals surface area contributed by atoms with Gasteiger partial charge in [-0.1, -0.05) is 6.08 Å². The maximum atomic E-state index is 12.6. The van der Waals surface area contributed by atoms with E-state index in [1.807, 2.05) is 0 Å². The Labute approximate surface area is 109 Å². The summed E-state index contributed by atoms with van der Waals surface area (Å²) in [5, 5.41) is 0. The Morgan fingerprint density at radius 2 is 1.50 bits per heavy atom. The molecule has 6 heteroatoms. The Balaban J connectivity index is 4.90. The van der Waals surface area contributed by atoms with E-state index < -0.39 is 19.2 Å². The lowest BCUT2D eigenvalue weighted by molar-refractivity contribution is -0.134. The van der Waals surface area contributed by atoms with E-state index in [1.54, 1.807) is 34.6 Å². The highest BCUT2D eigenvalue weighted by molar-refractivity contribution is 7.54. The number of allylic oxidation sites excluding steroid dienone is 1. The fourth-order valence-electron chi connectivity index (χ4n) is 1.20. The van der Waals surface area contributed by atoms with Crippen molar-refractivity contribution in [2.75, 3.05) is 7.11 Å². The van der Waals surface area contributed by atoms with Crippen molar-refractivity contribution in [2.24, 2.45) is 0 Å². The van der Waals surface area contributed by atoms with Gasteiger partial charge in [-0.3, -0.25) is 4.57 Å². The molecule has 0 bridgehead atoms. The first-order chi connectivity index (χ1) is 8.21. The first-order valence-corrected chi connectivity index (χ1v) is 7.55. The van der Waals surface area contributed by atoms with Crippen LogP contribution < -0.4 is 0 Å². The van der Waals surface area contributed by atoms with E-state index in [0.29, 0.717) is 0 Å². The first-order valence-electron chi connectivity index (χ1n) is 5.94. The molecule has 18 heavy (non-hydrogen) atoms. The molecule has 0 N–H and O–H groups in total. The minimum atomic E-state index is -3.28. The maximum Gasteiger partial charge on any atom is 0.337 e. The number of rotatable bonds is 7. The van der Waals surface area contributed by atoms with Crippen LogP contribution >= 0.6 is 7.60 Å². The summed E-state index contributed by atoms with van der Waals surface area (Å²) in [6, 6.07) is 0. The smallest absolute Gasteiger partial charge is 0.337 e. The van der Waals surface area contributed by atoms with Crippen LogP contribution in [0.5, 0.6) is 0 Å². The molecule has 0 aliphatic heterocycles. The first kappa shape index (κ1) is 17.4. The van der Waals surface area contributed by atoms with E-state index in [4.69, 9.17) is 9.05 Å². The molecule has 106 valence electrons. The lowest BCUT2D eigenvalue weighted by atomic mass is 10.4. The standard InChI is InChI=1S/C12H23O5P/c1-9(2)16-18(14,17-10(3)4)11(5)7-8-12(13)15-6/h7-11H,1-6H3/b8-7+. The highest BCUT2D eigenvalue weighted by atomic mass is 31.2. The Morgan fingerprint density at radius 1 is 1.06 bits per heavy atom. The van der Waals surface area contributed by atoms with Gasteiger partial charge in [-0.15, -0.1) is 0 Å². The molecule has 0 amide bonds. The van der Waals surface area contributed by atoms with Crippen molar-refractivity contribution in [1.29, 1.82) is 0 Å². The van der Waals surface area contributed by atoms with Crippen LogP contribution in [0.25, 0.3) is 0 Å². The Bertz CT molecular complexity index is 321. The van der Waals surface area contributed by atoms with Crippen molar-refractivity contribution in [1.82, 2.24) is 0 Å². The topological polar surface area (TPSA) is 61.8 Å². The normalized spacial score (nSPS) is 14.4. The number of esters is 1. The average Bonchev–Trinajstić information content (AvgIpc) is 2.22. The monoisotopic (exact) mass is 278 g/mol. The lowest BCUT2D eigenvalue weighted by Gasteiger charge is -2.26. The zero-order valence-electron chi connectivity index (χ0n) is 11.9. The summed E-state index contributed by atoms with van der Waals surface area (Å²) < 4.78 is 27.9. The van der Waals surface area contributed by atoms with E-state index in [1.165, 1.54) is 19.3 Å². The number of methoxy groups -OCH3 is 1. The van der Waals surface area contributed by atoms with Crippen LogP contribution in [-0.4, -0.2) is 30.9 Å². The van der Waals surface area contributed by atoms with Gasteiger partial charge in [-0.2, -0.15) is 0 Å². The molecule has 0 fully saturated rings. The van der Waals surface area contributed by atoms with Gasteiger partial charge in [0.2, 0.25) is 0 Å². The van der Waals surface area contributed by atoms with E-state index in [9.17, 15) is 9.36 Å². The minimum absolute atomic E-state index is 0.219. The predicted octanol–water partition coefficient (Wildman–Crippen LogP) is 3.15. The van der Waals surface area contributed by atoms with Crippen molar-refractivity contribution < 1.29 is 23.1 Å². The number of ether oxygens (including phenoxy) is 1. The van der Waals surface area contributed by atoms with Gasteiger partial charge in [0, 0.05) is 6.08 Å². The molecule has 1 unspecified atom stereocenters. The second-order valence-electron chi connectivity index (χ2n) is 4.47. The summed E-state index contributed by atoms with van der Waals surface area (Å²) in [5.41, 5.74) is -0.513.